The maximum Gasteiger partial charge on any atom is 0.362 e. The molecule has 17 nitrogen and oxygen atoms in total. The highest BCUT2D eigenvalue weighted by atomic mass is 32.2. The minimum absolute atomic E-state index is 0.0423. The topological polar surface area (TPSA) is 261 Å². The summed E-state index contributed by atoms with van der Waals surface area (Å²) in [6.45, 7) is 3.99. The van der Waals surface area contributed by atoms with E-state index >= 15 is 0 Å². The van der Waals surface area contributed by atoms with Gasteiger partial charge in [0.2, 0.25) is 0 Å². The zero-order chi connectivity index (χ0) is 31.5. The summed E-state index contributed by atoms with van der Waals surface area (Å²) in [4.78, 5) is 51.4. The Balaban J connectivity index is 1.46. The number of aromatic nitrogens is 1. The van der Waals surface area contributed by atoms with Gasteiger partial charge in [0.25, 0.3) is 17.9 Å². The number of nitrogens with zero attached hydrogens (tertiary/aromatic N) is 4. The number of aliphatic carboxylic acids is 1. The summed E-state index contributed by atoms with van der Waals surface area (Å²) in [5.41, 5.74) is 11.9. The van der Waals surface area contributed by atoms with E-state index in [0.29, 0.717) is 22.0 Å². The molecule has 0 saturated carbocycles. The van der Waals surface area contributed by atoms with Gasteiger partial charge in [-0.1, -0.05) is 5.16 Å². The fourth-order valence-corrected chi connectivity index (χ4v) is 5.89. The van der Waals surface area contributed by atoms with Crippen molar-refractivity contribution in [3.63, 3.8) is 0 Å². The third-order valence-corrected chi connectivity index (χ3v) is 8.39. The maximum atomic E-state index is 13.1. The fourth-order valence-electron chi connectivity index (χ4n) is 4.32. The van der Waals surface area contributed by atoms with Crippen LogP contribution in [0.2, 0.25) is 0 Å². The van der Waals surface area contributed by atoms with Gasteiger partial charge in [0.05, 0.1) is 12.1 Å². The van der Waals surface area contributed by atoms with Gasteiger partial charge in [-0.05, 0) is 51.1 Å². The Bertz CT molecular complexity index is 1550. The molecule has 4 rings (SSSR count). The number of nitrogens with two attached hydrogens (primary N) is 2. The number of benzene rings is 1. The fraction of sp³-hybridized carbons (Fsp3) is 0.417. The number of carboxylic acids is 1. The highest BCUT2D eigenvalue weighted by molar-refractivity contribution is 7.84. The molecule has 2 aliphatic heterocycles. The van der Waals surface area contributed by atoms with Crippen LogP contribution in [0.1, 0.15) is 29.5 Å². The van der Waals surface area contributed by atoms with Crippen LogP contribution >= 0.6 is 11.3 Å². The minimum Gasteiger partial charge on any atom is -0.489 e. The molecule has 1 unspecified atom stereocenters. The highest BCUT2D eigenvalue weighted by Crippen LogP contribution is 2.24. The number of thiazole rings is 1. The Morgan fingerprint density at radius 2 is 2.02 bits per heavy atom. The molecular weight excluding hydrogens is 608 g/mol. The number of aryl methyl sites for hydroxylation is 1. The summed E-state index contributed by atoms with van der Waals surface area (Å²) in [6.07, 6.45) is -0.788. The molecule has 0 aliphatic carbocycles. The number of β-lactam (4-membered cyclic amide) rings is 1. The van der Waals surface area contributed by atoms with Gasteiger partial charge in [0, 0.05) is 17.0 Å². The van der Waals surface area contributed by atoms with Crippen LogP contribution in [0, 0.1) is 6.92 Å². The Morgan fingerprint density at radius 1 is 1.33 bits per heavy atom. The van der Waals surface area contributed by atoms with Gasteiger partial charge in [-0.2, -0.15) is 8.42 Å². The molecule has 3 heterocycles. The van der Waals surface area contributed by atoms with Crippen LogP contribution in [0.15, 0.2) is 34.4 Å². The Labute approximate surface area is 249 Å². The molecule has 0 spiro atoms. The van der Waals surface area contributed by atoms with E-state index < -0.39 is 58.6 Å². The lowest BCUT2D eigenvalue weighted by Gasteiger charge is -2.42. The van der Waals surface area contributed by atoms with Crippen LogP contribution in [-0.2, 0) is 29.5 Å². The molecule has 2 amide bonds. The van der Waals surface area contributed by atoms with Crippen LogP contribution in [0.4, 0.5) is 5.13 Å². The number of nitrogen functional groups attached to an aromatic ring is 1. The molecule has 2 saturated heterocycles. The van der Waals surface area contributed by atoms with E-state index in [4.69, 9.17) is 21.0 Å². The van der Waals surface area contributed by atoms with Gasteiger partial charge in [0.1, 0.15) is 29.9 Å². The number of hydrogen-bond donors (Lipinski definition) is 6. The number of ether oxygens (including phenoxy) is 1. The number of hydrogen-bond acceptors (Lipinski definition) is 13. The molecule has 1 aromatic carbocycles. The van der Waals surface area contributed by atoms with Gasteiger partial charge in [0.15, 0.2) is 10.8 Å². The third kappa shape index (κ3) is 7.37. The standard InChI is InChI=1S/C24H30N8O9S2/c1-11-17(22(34)32(11)43(37,38)39)29-21(33)19(18-12(2)42-24(26)30-18)31-41-16(23(35)36)10-40-15-5-3-13(4-6-15)20(25)28-14-7-8-27-9-14/h3-6,11,14,16-17,27H,7-10H2,1-2H3,(H2,25,28)(H2,26,30)(H,29,33)(H,35,36)(H,37,38,39)/b31-19-/t11-,14+,16?,17+/m1/s1. The number of rotatable bonds is 12. The van der Waals surface area contributed by atoms with E-state index in [1.54, 1.807) is 31.2 Å². The average molecular weight is 639 g/mol. The molecule has 232 valence electrons. The predicted octanol–water partition coefficient (Wildman–Crippen LogP) is -1.13. The summed E-state index contributed by atoms with van der Waals surface area (Å²) in [7, 11) is -4.82. The lowest BCUT2D eigenvalue weighted by atomic mass is 10.0. The summed E-state index contributed by atoms with van der Waals surface area (Å²) >= 11 is 1.02. The molecule has 0 bridgehead atoms. The highest BCUT2D eigenvalue weighted by Gasteiger charge is 2.51. The Kier molecular flexibility index (Phi) is 9.48. The number of anilines is 1. The summed E-state index contributed by atoms with van der Waals surface area (Å²) in [5, 5.41) is 19.0. The molecule has 8 N–H and O–H groups in total. The van der Waals surface area contributed by atoms with E-state index in [9.17, 15) is 32.5 Å². The molecule has 1 aromatic heterocycles. The molecule has 2 aromatic rings. The molecule has 2 aliphatic rings. The van der Waals surface area contributed by atoms with Crippen LogP contribution in [0.5, 0.6) is 5.75 Å². The van der Waals surface area contributed by atoms with Crippen molar-refractivity contribution in [1.82, 2.24) is 19.9 Å². The van der Waals surface area contributed by atoms with Crippen molar-refractivity contribution >= 4 is 56.1 Å². The second-order valence-corrected chi connectivity index (χ2v) is 12.2. The first-order chi connectivity index (χ1) is 20.3. The molecular formula is C24H30N8O9S2. The second-order valence-electron chi connectivity index (χ2n) is 9.63. The first-order valence-corrected chi connectivity index (χ1v) is 15.1. The van der Waals surface area contributed by atoms with Crippen molar-refractivity contribution in [3.8, 4) is 5.75 Å². The summed E-state index contributed by atoms with van der Waals surface area (Å²) in [5.74, 6) is -2.89. The number of nitrogens with one attached hydrogen (secondary N) is 2. The lowest BCUT2D eigenvalue weighted by Crippen LogP contribution is -2.71. The van der Waals surface area contributed by atoms with Gasteiger partial charge in [-0.25, -0.2) is 14.1 Å². The molecule has 43 heavy (non-hydrogen) atoms. The molecule has 0 radical (unpaired) electrons. The largest absolute Gasteiger partial charge is 0.489 e. The maximum absolute atomic E-state index is 13.1. The second kappa shape index (κ2) is 12.9. The zero-order valence-corrected chi connectivity index (χ0v) is 24.6. The van der Waals surface area contributed by atoms with E-state index in [1.165, 1.54) is 6.92 Å². The van der Waals surface area contributed by atoms with Gasteiger partial charge in [-0.15, -0.1) is 11.3 Å². The van der Waals surface area contributed by atoms with Crippen LogP contribution in [0.25, 0.3) is 0 Å². The number of aliphatic imine (C=N–C) groups is 1. The predicted molar refractivity (Wildman–Crippen MR) is 154 cm³/mol. The first kappa shape index (κ1) is 31.6. The number of amides is 2. The Morgan fingerprint density at radius 3 is 2.56 bits per heavy atom. The van der Waals surface area contributed by atoms with E-state index in [1.807, 2.05) is 0 Å². The Hall–Kier alpha value is -4.33. The van der Waals surface area contributed by atoms with Gasteiger partial charge < -0.3 is 36.8 Å². The van der Waals surface area contributed by atoms with Crippen LogP contribution in [-0.4, -0.2) is 101 Å². The smallest absolute Gasteiger partial charge is 0.362 e. The normalized spacial score (nSPS) is 21.7. The van der Waals surface area contributed by atoms with Crippen LogP contribution in [0.3, 0.4) is 0 Å². The van der Waals surface area contributed by atoms with Crippen molar-refractivity contribution in [1.29, 1.82) is 0 Å². The third-order valence-electron chi connectivity index (χ3n) is 6.58. The number of carbonyl (C=O) groups is 3. The van der Waals surface area contributed by atoms with Crippen molar-refractivity contribution in [2.24, 2.45) is 15.9 Å². The first-order valence-electron chi connectivity index (χ1n) is 12.8. The summed E-state index contributed by atoms with van der Waals surface area (Å²) in [6, 6.07) is 4.18. The van der Waals surface area contributed by atoms with Gasteiger partial charge in [-0.3, -0.25) is 19.1 Å². The average Bonchev–Trinajstić information content (AvgIpc) is 3.57. The lowest BCUT2D eigenvalue weighted by molar-refractivity contribution is -0.152. The monoisotopic (exact) mass is 638 g/mol. The minimum atomic E-state index is -4.82. The SMILES string of the molecule is Cc1sc(N)nc1/C(=N/OC(COc1ccc(C(N)=N[C@H]2CCNC2)cc1)C(=O)O)C(=O)N[C@@H]1C(=O)N(S(=O)(=O)O)[C@@H]1C. The molecule has 19 heteroatoms. The van der Waals surface area contributed by atoms with Crippen molar-refractivity contribution in [2.45, 2.75) is 44.5 Å². The number of amidine groups is 1. The zero-order valence-electron chi connectivity index (χ0n) is 23.0. The number of carboxylic acid groups (broad SMARTS) is 1. The van der Waals surface area contributed by atoms with E-state index in [-0.39, 0.29) is 21.2 Å². The number of carbonyl (C=O) groups excluding carboxylic acids is 2. The van der Waals surface area contributed by atoms with Crippen LogP contribution < -0.4 is 26.8 Å². The summed E-state index contributed by atoms with van der Waals surface area (Å²) < 4.78 is 37.7. The quantitative estimate of drug-likeness (QED) is 0.0529. The molecule has 4 atom stereocenters. The van der Waals surface area contributed by atoms with Crippen molar-refractivity contribution in [3.05, 3.63) is 40.4 Å². The van der Waals surface area contributed by atoms with E-state index in [2.05, 4.69) is 25.8 Å². The van der Waals surface area contributed by atoms with Gasteiger partial charge >= 0.3 is 16.3 Å². The van der Waals surface area contributed by atoms with Crippen molar-refractivity contribution in [2.75, 3.05) is 25.4 Å². The van der Waals surface area contributed by atoms with Crippen molar-refractivity contribution < 1.29 is 42.0 Å². The van der Waals surface area contributed by atoms with E-state index in [0.717, 1.165) is 30.8 Å². The molecule has 2 fully saturated rings. The number of oxime groups is 1.